The van der Waals surface area contributed by atoms with Crippen LogP contribution in [0.4, 0.5) is 4.79 Å². The summed E-state index contributed by atoms with van der Waals surface area (Å²) in [6.07, 6.45) is -0.407. The molecule has 0 radical (unpaired) electrons. The fraction of sp³-hybridized carbons (Fsp3) is 0.875. The molecule has 0 unspecified atom stereocenters. The van der Waals surface area contributed by atoms with E-state index in [0.29, 0.717) is 19.6 Å². The van der Waals surface area contributed by atoms with Crippen LogP contribution in [0.1, 0.15) is 41.5 Å². The number of rotatable bonds is 7. The zero-order valence-corrected chi connectivity index (χ0v) is 18.8. The Morgan fingerprint density at radius 1 is 1.04 bits per heavy atom. The number of halogens is 1. The van der Waals surface area contributed by atoms with Crippen molar-refractivity contribution in [2.75, 3.05) is 40.3 Å². The van der Waals surface area contributed by atoms with E-state index in [1.165, 1.54) is 0 Å². The molecule has 3 N–H and O–H groups in total. The Hall–Kier alpha value is -0.770. The molecule has 7 nitrogen and oxygen atoms in total. The van der Waals surface area contributed by atoms with Crippen molar-refractivity contribution in [3.8, 4) is 0 Å². The van der Waals surface area contributed by atoms with Crippen molar-refractivity contribution in [1.29, 1.82) is 0 Å². The second-order valence-corrected chi connectivity index (χ2v) is 7.26. The second kappa shape index (κ2) is 11.7. The lowest BCUT2D eigenvalue weighted by molar-refractivity contribution is 0.0529. The average molecular weight is 457 g/mol. The lowest BCUT2D eigenvalue weighted by Gasteiger charge is -2.31. The van der Waals surface area contributed by atoms with Gasteiger partial charge in [-0.15, -0.1) is 24.0 Å². The molecule has 0 aliphatic rings. The van der Waals surface area contributed by atoms with Crippen molar-refractivity contribution in [3.05, 3.63) is 0 Å². The third kappa shape index (κ3) is 12.6. The van der Waals surface area contributed by atoms with E-state index in [1.54, 1.807) is 0 Å². The molecule has 1 amide bonds. The normalized spacial score (nSPS) is 12.5. The highest BCUT2D eigenvalue weighted by Crippen LogP contribution is 2.09. The van der Waals surface area contributed by atoms with E-state index in [-0.39, 0.29) is 29.5 Å². The van der Waals surface area contributed by atoms with Gasteiger partial charge in [0.05, 0.1) is 6.54 Å². The Bertz CT molecular complexity index is 392. The average Bonchev–Trinajstić information content (AvgIpc) is 2.38. The van der Waals surface area contributed by atoms with Gasteiger partial charge in [-0.3, -0.25) is 4.99 Å². The van der Waals surface area contributed by atoms with Gasteiger partial charge in [0, 0.05) is 25.2 Å². The number of carbonyl (C=O) groups is 1. The summed E-state index contributed by atoms with van der Waals surface area (Å²) in [6.45, 7) is 14.3. The van der Waals surface area contributed by atoms with Crippen LogP contribution >= 0.6 is 24.0 Å². The largest absolute Gasteiger partial charge is 0.444 e. The van der Waals surface area contributed by atoms with Gasteiger partial charge in [-0.2, -0.15) is 0 Å². The maximum absolute atomic E-state index is 11.5. The number of nitrogens with one attached hydrogen (secondary N) is 3. The van der Waals surface area contributed by atoms with Crippen LogP contribution < -0.4 is 16.0 Å². The van der Waals surface area contributed by atoms with Gasteiger partial charge in [-0.25, -0.2) is 4.79 Å². The Kier molecular flexibility index (Phi) is 12.4. The van der Waals surface area contributed by atoms with Crippen LogP contribution in [-0.4, -0.2) is 68.4 Å². The van der Waals surface area contributed by atoms with Crippen LogP contribution in [0.3, 0.4) is 0 Å². The molecular weight excluding hydrogens is 421 g/mol. The summed E-state index contributed by atoms with van der Waals surface area (Å²) in [5.41, 5.74) is -0.497. The van der Waals surface area contributed by atoms with Gasteiger partial charge in [-0.05, 0) is 55.6 Å². The Labute approximate surface area is 164 Å². The van der Waals surface area contributed by atoms with E-state index >= 15 is 0 Å². The second-order valence-electron chi connectivity index (χ2n) is 7.26. The molecule has 144 valence electrons. The maximum Gasteiger partial charge on any atom is 0.407 e. The molecule has 0 aromatic carbocycles. The lowest BCUT2D eigenvalue weighted by Crippen LogP contribution is -2.45. The molecule has 0 heterocycles. The minimum Gasteiger partial charge on any atom is -0.444 e. The predicted molar refractivity (Wildman–Crippen MR) is 111 cm³/mol. The van der Waals surface area contributed by atoms with Crippen molar-refractivity contribution in [3.63, 3.8) is 0 Å². The van der Waals surface area contributed by atoms with Crippen molar-refractivity contribution < 1.29 is 9.53 Å². The predicted octanol–water partition coefficient (Wildman–Crippen LogP) is 2.02. The number of amides is 1. The van der Waals surface area contributed by atoms with Gasteiger partial charge in [0.2, 0.25) is 0 Å². The molecule has 0 bridgehead atoms. The first kappa shape index (κ1) is 25.5. The molecule has 0 aliphatic carbocycles. The summed E-state index contributed by atoms with van der Waals surface area (Å²) in [5.74, 6) is 0.744. The standard InChI is InChI=1S/C16H35N5O2.HI/c1-9-17-13(20-12-16(5,6)21(7)8)18-10-11-19-14(22)23-15(2,3)4;/h9-12H2,1-8H3,(H,19,22)(H2,17,18,20);1H. The molecule has 0 spiro atoms. The van der Waals surface area contributed by atoms with E-state index < -0.39 is 11.7 Å². The molecule has 24 heavy (non-hydrogen) atoms. The molecule has 8 heteroatoms. The van der Waals surface area contributed by atoms with E-state index in [2.05, 4.69) is 39.7 Å². The summed E-state index contributed by atoms with van der Waals surface area (Å²) in [5, 5.41) is 9.11. The SMILES string of the molecule is CCNC(=NCC(C)(C)N(C)C)NCCNC(=O)OC(C)(C)C.I. The topological polar surface area (TPSA) is 78.0 Å². The molecule has 0 aromatic rings. The summed E-state index contributed by atoms with van der Waals surface area (Å²) in [4.78, 5) is 18.3. The molecule has 0 saturated carbocycles. The van der Waals surface area contributed by atoms with Crippen LogP contribution in [-0.2, 0) is 4.74 Å². The zero-order valence-electron chi connectivity index (χ0n) is 16.4. The molecule has 0 rings (SSSR count). The van der Waals surface area contributed by atoms with Crippen LogP contribution in [0.2, 0.25) is 0 Å². The smallest absolute Gasteiger partial charge is 0.407 e. The highest BCUT2D eigenvalue weighted by molar-refractivity contribution is 14.0. The maximum atomic E-state index is 11.5. The van der Waals surface area contributed by atoms with Crippen LogP contribution in [0.5, 0.6) is 0 Å². The van der Waals surface area contributed by atoms with Crippen molar-refractivity contribution in [2.24, 2.45) is 4.99 Å². The number of hydrogen-bond acceptors (Lipinski definition) is 4. The van der Waals surface area contributed by atoms with Gasteiger partial charge in [-0.1, -0.05) is 0 Å². The molecular formula is C16H36IN5O2. The van der Waals surface area contributed by atoms with E-state index in [4.69, 9.17) is 4.74 Å². The Morgan fingerprint density at radius 3 is 2.04 bits per heavy atom. The van der Waals surface area contributed by atoms with Crippen molar-refractivity contribution >= 4 is 36.0 Å². The first-order valence-electron chi connectivity index (χ1n) is 8.14. The third-order valence-corrected chi connectivity index (χ3v) is 3.26. The molecule has 0 atom stereocenters. The molecule has 0 aromatic heterocycles. The Morgan fingerprint density at radius 2 is 1.58 bits per heavy atom. The number of aliphatic imine (C=N–C) groups is 1. The highest BCUT2D eigenvalue weighted by atomic mass is 127. The van der Waals surface area contributed by atoms with Gasteiger partial charge in [0.25, 0.3) is 0 Å². The van der Waals surface area contributed by atoms with Gasteiger partial charge in [0.1, 0.15) is 5.60 Å². The van der Waals surface area contributed by atoms with E-state index in [9.17, 15) is 4.79 Å². The summed E-state index contributed by atoms with van der Waals surface area (Å²) < 4.78 is 5.18. The number of likely N-dealkylation sites (N-methyl/N-ethyl adjacent to an activating group) is 1. The summed E-state index contributed by atoms with van der Waals surface area (Å²) in [7, 11) is 4.08. The first-order chi connectivity index (χ1) is 10.5. The molecule has 0 fully saturated rings. The number of carbonyl (C=O) groups excluding carboxylic acids is 1. The van der Waals surface area contributed by atoms with Gasteiger partial charge >= 0.3 is 6.09 Å². The number of alkyl carbamates (subject to hydrolysis) is 1. The summed E-state index contributed by atoms with van der Waals surface area (Å²) in [6, 6.07) is 0. The van der Waals surface area contributed by atoms with Crippen LogP contribution in [0, 0.1) is 0 Å². The number of nitrogens with zero attached hydrogens (tertiary/aromatic N) is 2. The number of guanidine groups is 1. The fourth-order valence-corrected chi connectivity index (χ4v) is 1.42. The fourth-order valence-electron chi connectivity index (χ4n) is 1.42. The number of ether oxygens (including phenoxy) is 1. The number of hydrogen-bond donors (Lipinski definition) is 3. The highest BCUT2D eigenvalue weighted by Gasteiger charge is 2.20. The van der Waals surface area contributed by atoms with Gasteiger partial charge < -0.3 is 25.6 Å². The van der Waals surface area contributed by atoms with Gasteiger partial charge in [0.15, 0.2) is 5.96 Å². The van der Waals surface area contributed by atoms with Crippen LogP contribution in [0.25, 0.3) is 0 Å². The quantitative estimate of drug-likeness (QED) is 0.236. The molecule has 0 saturated heterocycles. The van der Waals surface area contributed by atoms with Crippen molar-refractivity contribution in [1.82, 2.24) is 20.9 Å². The first-order valence-corrected chi connectivity index (χ1v) is 8.14. The summed E-state index contributed by atoms with van der Waals surface area (Å²) >= 11 is 0. The Balaban J connectivity index is 0. The van der Waals surface area contributed by atoms with E-state index in [1.807, 2.05) is 41.8 Å². The van der Waals surface area contributed by atoms with Crippen LogP contribution in [0.15, 0.2) is 4.99 Å². The van der Waals surface area contributed by atoms with Crippen molar-refractivity contribution in [2.45, 2.75) is 52.7 Å². The third-order valence-electron chi connectivity index (χ3n) is 3.26. The van der Waals surface area contributed by atoms with E-state index in [0.717, 1.165) is 12.5 Å². The minimum absolute atomic E-state index is 0. The zero-order chi connectivity index (χ0) is 18.1. The lowest BCUT2D eigenvalue weighted by atomic mass is 10.1. The molecule has 0 aliphatic heterocycles. The monoisotopic (exact) mass is 457 g/mol. The minimum atomic E-state index is -0.480.